The van der Waals surface area contributed by atoms with Gasteiger partial charge in [0.2, 0.25) is 5.12 Å². The van der Waals surface area contributed by atoms with Gasteiger partial charge < -0.3 is 16.2 Å². The Morgan fingerprint density at radius 1 is 1.62 bits per heavy atom. The second kappa shape index (κ2) is 9.62. The number of nitrogens with one attached hydrogen (secondary N) is 1. The molecule has 1 rings (SSSR count). The number of rotatable bonds is 6. The topological polar surface area (TPSA) is 92.4 Å². The largest absolute Gasteiger partial charge is 0.480 e. The number of carboxylic acids is 1. The highest BCUT2D eigenvalue weighted by atomic mass is 32.2. The van der Waals surface area contributed by atoms with E-state index < -0.39 is 5.97 Å². The summed E-state index contributed by atoms with van der Waals surface area (Å²) in [4.78, 5) is 20.0. The molecule has 0 amide bonds. The van der Waals surface area contributed by atoms with E-state index in [9.17, 15) is 9.59 Å². The SMILES string of the molecule is CCCCCNCC(=O)O.NC1CSC1=O. The molecule has 0 aliphatic carbocycles. The Bertz CT molecular complexity index is 224. The molecule has 0 saturated carbocycles. The molecule has 1 fully saturated rings. The van der Waals surface area contributed by atoms with E-state index in [1.807, 2.05) is 0 Å². The van der Waals surface area contributed by atoms with Gasteiger partial charge in [0.15, 0.2) is 0 Å². The van der Waals surface area contributed by atoms with Crippen molar-refractivity contribution >= 4 is 22.8 Å². The lowest BCUT2D eigenvalue weighted by Crippen LogP contribution is -2.39. The zero-order valence-electron chi connectivity index (χ0n) is 9.57. The fourth-order valence-corrected chi connectivity index (χ4v) is 1.44. The summed E-state index contributed by atoms with van der Waals surface area (Å²) in [6.45, 7) is 3.03. The van der Waals surface area contributed by atoms with Crippen LogP contribution in [-0.2, 0) is 9.59 Å². The van der Waals surface area contributed by atoms with Gasteiger partial charge >= 0.3 is 5.97 Å². The van der Waals surface area contributed by atoms with Gasteiger partial charge in [-0.25, -0.2) is 0 Å². The number of aliphatic carboxylic acids is 1. The van der Waals surface area contributed by atoms with Gasteiger partial charge in [-0.1, -0.05) is 31.5 Å². The monoisotopic (exact) mass is 248 g/mol. The standard InChI is InChI=1S/C7H15NO2.C3H5NOS/c1-2-3-4-5-8-6-7(9)10;4-2-1-6-3(2)5/h8H,2-6H2,1H3,(H,9,10);2H,1,4H2. The first-order chi connectivity index (χ1) is 7.57. The fraction of sp³-hybridized carbons (Fsp3) is 0.800. The molecule has 0 radical (unpaired) electrons. The third-order valence-electron chi connectivity index (χ3n) is 1.94. The van der Waals surface area contributed by atoms with Crippen LogP contribution in [0.15, 0.2) is 0 Å². The van der Waals surface area contributed by atoms with Crippen LogP contribution in [0.4, 0.5) is 0 Å². The highest BCUT2D eigenvalue weighted by Gasteiger charge is 2.24. The van der Waals surface area contributed by atoms with Crippen LogP contribution in [0.5, 0.6) is 0 Å². The first kappa shape index (κ1) is 15.4. The highest BCUT2D eigenvalue weighted by Crippen LogP contribution is 2.17. The minimum absolute atomic E-state index is 0.0870. The Morgan fingerprint density at radius 2 is 2.25 bits per heavy atom. The van der Waals surface area contributed by atoms with E-state index in [0.717, 1.165) is 18.7 Å². The van der Waals surface area contributed by atoms with Crippen LogP contribution in [0.25, 0.3) is 0 Å². The maximum atomic E-state index is 10.1. The maximum Gasteiger partial charge on any atom is 0.317 e. The summed E-state index contributed by atoms with van der Waals surface area (Å²) in [6, 6.07) is -0.144. The molecular formula is C10H20N2O3S. The molecule has 6 heteroatoms. The van der Waals surface area contributed by atoms with Gasteiger partial charge in [-0.3, -0.25) is 9.59 Å². The van der Waals surface area contributed by atoms with Crippen molar-refractivity contribution in [3.63, 3.8) is 0 Å². The van der Waals surface area contributed by atoms with E-state index in [1.165, 1.54) is 24.6 Å². The molecule has 1 atom stereocenters. The predicted molar refractivity (Wildman–Crippen MR) is 65.5 cm³/mol. The van der Waals surface area contributed by atoms with Gasteiger partial charge in [-0.2, -0.15) is 0 Å². The first-order valence-electron chi connectivity index (χ1n) is 5.42. The van der Waals surface area contributed by atoms with E-state index in [2.05, 4.69) is 12.2 Å². The van der Waals surface area contributed by atoms with E-state index in [4.69, 9.17) is 10.8 Å². The van der Waals surface area contributed by atoms with E-state index in [0.29, 0.717) is 0 Å². The number of hydrogen-bond acceptors (Lipinski definition) is 5. The lowest BCUT2D eigenvalue weighted by atomic mass is 10.2. The number of carbonyl (C=O) groups is 2. The lowest BCUT2D eigenvalue weighted by molar-refractivity contribution is -0.135. The second-order valence-electron chi connectivity index (χ2n) is 3.51. The third-order valence-corrected chi connectivity index (χ3v) is 3.05. The molecule has 1 saturated heterocycles. The first-order valence-corrected chi connectivity index (χ1v) is 6.41. The van der Waals surface area contributed by atoms with Crippen LogP contribution in [0.1, 0.15) is 26.2 Å². The summed E-state index contributed by atoms with van der Waals surface area (Å²) >= 11 is 1.30. The lowest BCUT2D eigenvalue weighted by Gasteiger charge is -2.16. The molecular weight excluding hydrogens is 228 g/mol. The summed E-state index contributed by atoms with van der Waals surface area (Å²) in [5.74, 6) is 0.0373. The molecule has 0 aromatic rings. The Kier molecular flexibility index (Phi) is 9.27. The Labute approximate surface area is 100 Å². The van der Waals surface area contributed by atoms with Crippen LogP contribution >= 0.6 is 11.8 Å². The summed E-state index contributed by atoms with van der Waals surface area (Å²) in [5, 5.41) is 11.2. The van der Waals surface area contributed by atoms with Crippen molar-refractivity contribution in [2.75, 3.05) is 18.8 Å². The second-order valence-corrected chi connectivity index (χ2v) is 4.54. The van der Waals surface area contributed by atoms with Crippen LogP contribution < -0.4 is 11.1 Å². The molecule has 1 unspecified atom stereocenters. The molecule has 16 heavy (non-hydrogen) atoms. The van der Waals surface area contributed by atoms with Crippen molar-refractivity contribution in [2.45, 2.75) is 32.2 Å². The quantitative estimate of drug-likeness (QED) is 0.591. The molecule has 1 aliphatic rings. The summed E-state index contributed by atoms with van der Waals surface area (Å²) in [5.41, 5.74) is 5.15. The fourth-order valence-electron chi connectivity index (χ4n) is 0.943. The van der Waals surface area contributed by atoms with E-state index >= 15 is 0 Å². The van der Waals surface area contributed by atoms with Crippen molar-refractivity contribution in [1.82, 2.24) is 5.32 Å². The molecule has 0 spiro atoms. The van der Waals surface area contributed by atoms with Gasteiger partial charge in [0.05, 0.1) is 12.6 Å². The number of carbonyl (C=O) groups excluding carboxylic acids is 1. The molecule has 94 valence electrons. The summed E-state index contributed by atoms with van der Waals surface area (Å²) < 4.78 is 0. The predicted octanol–water partition coefficient (Wildman–Crippen LogP) is 0.438. The zero-order valence-corrected chi connectivity index (χ0v) is 10.4. The van der Waals surface area contributed by atoms with Gasteiger partial charge in [0.1, 0.15) is 0 Å². The van der Waals surface area contributed by atoms with Crippen LogP contribution in [0.3, 0.4) is 0 Å². The van der Waals surface area contributed by atoms with Crippen molar-refractivity contribution < 1.29 is 14.7 Å². The Morgan fingerprint density at radius 3 is 2.56 bits per heavy atom. The Balaban J connectivity index is 0.000000315. The third kappa shape index (κ3) is 8.70. The molecule has 1 aliphatic heterocycles. The van der Waals surface area contributed by atoms with Gasteiger partial charge in [0.25, 0.3) is 0 Å². The molecule has 0 aromatic carbocycles. The van der Waals surface area contributed by atoms with Crippen molar-refractivity contribution in [1.29, 1.82) is 0 Å². The zero-order chi connectivity index (χ0) is 12.4. The van der Waals surface area contributed by atoms with E-state index in [1.54, 1.807) is 0 Å². The maximum absolute atomic E-state index is 10.1. The average Bonchev–Trinajstić information content (AvgIpc) is 2.27. The molecule has 5 nitrogen and oxygen atoms in total. The number of hydrogen-bond donors (Lipinski definition) is 3. The molecule has 1 heterocycles. The highest BCUT2D eigenvalue weighted by molar-refractivity contribution is 8.16. The normalized spacial score (nSPS) is 18.4. The minimum atomic E-state index is -0.781. The van der Waals surface area contributed by atoms with Crippen LogP contribution in [0, 0.1) is 0 Å². The number of carboxylic acid groups (broad SMARTS) is 1. The molecule has 4 N–H and O–H groups in total. The van der Waals surface area contributed by atoms with Gasteiger partial charge in [-0.15, -0.1) is 0 Å². The summed E-state index contributed by atoms with van der Waals surface area (Å²) in [6.07, 6.45) is 3.42. The molecule has 0 bridgehead atoms. The van der Waals surface area contributed by atoms with Crippen molar-refractivity contribution in [3.05, 3.63) is 0 Å². The average molecular weight is 248 g/mol. The summed E-state index contributed by atoms with van der Waals surface area (Å²) in [7, 11) is 0. The van der Waals surface area contributed by atoms with Gasteiger partial charge in [-0.05, 0) is 13.0 Å². The van der Waals surface area contributed by atoms with Crippen molar-refractivity contribution in [2.24, 2.45) is 5.73 Å². The van der Waals surface area contributed by atoms with Crippen molar-refractivity contribution in [3.8, 4) is 0 Å². The van der Waals surface area contributed by atoms with Gasteiger partial charge in [0, 0.05) is 5.75 Å². The Hall–Kier alpha value is -0.590. The van der Waals surface area contributed by atoms with Crippen LogP contribution in [-0.4, -0.2) is 41.1 Å². The van der Waals surface area contributed by atoms with E-state index in [-0.39, 0.29) is 17.7 Å². The number of thioether (sulfide) groups is 1. The minimum Gasteiger partial charge on any atom is -0.480 e. The van der Waals surface area contributed by atoms with Crippen LogP contribution in [0.2, 0.25) is 0 Å². The molecule has 0 aromatic heterocycles. The number of unbranched alkanes of at least 4 members (excludes halogenated alkanes) is 2. The number of nitrogens with two attached hydrogens (primary N) is 1. The smallest absolute Gasteiger partial charge is 0.317 e.